The number of methoxy groups -OCH3 is 1. The molecule has 0 radical (unpaired) electrons. The van der Waals surface area contributed by atoms with Crippen LogP contribution in [-0.4, -0.2) is 49.0 Å². The molecule has 2 aromatic carbocycles. The minimum absolute atomic E-state index is 0.130. The van der Waals surface area contributed by atoms with Crippen molar-refractivity contribution in [3.05, 3.63) is 88.1 Å². The third-order valence-corrected chi connectivity index (χ3v) is 7.11. The molecule has 5 heteroatoms. The number of rotatable bonds is 9. The highest BCUT2D eigenvalue weighted by Gasteiger charge is 2.36. The van der Waals surface area contributed by atoms with Gasteiger partial charge in [-0.15, -0.1) is 0 Å². The number of ether oxygens (including phenoxy) is 1. The number of carbonyl (C=O) groups excluding carboxylic acids is 1. The summed E-state index contributed by atoms with van der Waals surface area (Å²) >= 11 is 1.75. The summed E-state index contributed by atoms with van der Waals surface area (Å²) in [7, 11) is 1.72. The predicted octanol–water partition coefficient (Wildman–Crippen LogP) is 5.77. The fourth-order valence-corrected chi connectivity index (χ4v) is 5.55. The van der Waals surface area contributed by atoms with E-state index in [9.17, 15) is 4.79 Å². The number of hydrogen-bond donors (Lipinski definition) is 0. The molecule has 2 unspecified atom stereocenters. The summed E-state index contributed by atoms with van der Waals surface area (Å²) in [5.74, 6) is 2.15. The summed E-state index contributed by atoms with van der Waals surface area (Å²) in [4.78, 5) is 18.1. The standard InChI is InChI=1S/C28H34N2O2S/c1-21(2)15-30(28(31)23-8-5-4-6-9-23)18-25-17-29(16-22-12-13-33-20-22)19-27(25)24-10-7-11-26(14-24)32-3/h4-14,20-21,25,27H,15-19H2,1-3H3. The molecule has 1 aromatic heterocycles. The first kappa shape index (κ1) is 23.5. The minimum Gasteiger partial charge on any atom is -0.497 e. The minimum atomic E-state index is 0.130. The predicted molar refractivity (Wildman–Crippen MR) is 136 cm³/mol. The van der Waals surface area contributed by atoms with E-state index >= 15 is 0 Å². The van der Waals surface area contributed by atoms with Crippen molar-refractivity contribution < 1.29 is 9.53 Å². The van der Waals surface area contributed by atoms with E-state index in [2.05, 4.69) is 58.7 Å². The molecule has 1 saturated heterocycles. The van der Waals surface area contributed by atoms with Gasteiger partial charge >= 0.3 is 0 Å². The van der Waals surface area contributed by atoms with Crippen LogP contribution in [0, 0.1) is 11.8 Å². The number of likely N-dealkylation sites (tertiary alicyclic amines) is 1. The Bertz CT molecular complexity index is 1020. The van der Waals surface area contributed by atoms with Gasteiger partial charge in [-0.05, 0) is 64.1 Å². The third kappa shape index (κ3) is 6.04. The van der Waals surface area contributed by atoms with Gasteiger partial charge in [-0.3, -0.25) is 9.69 Å². The molecule has 2 atom stereocenters. The number of nitrogens with zero attached hydrogens (tertiary/aromatic N) is 2. The van der Waals surface area contributed by atoms with Gasteiger partial charge in [0.25, 0.3) is 5.91 Å². The average Bonchev–Trinajstić information content (AvgIpc) is 3.48. The first-order chi connectivity index (χ1) is 16.0. The zero-order chi connectivity index (χ0) is 23.2. The summed E-state index contributed by atoms with van der Waals surface area (Å²) < 4.78 is 5.51. The molecule has 0 saturated carbocycles. The summed E-state index contributed by atoms with van der Waals surface area (Å²) in [6.07, 6.45) is 0. The molecule has 3 aromatic rings. The first-order valence-corrected chi connectivity index (χ1v) is 12.7. The quantitative estimate of drug-likeness (QED) is 0.405. The Kier molecular flexibility index (Phi) is 7.84. The normalized spacial score (nSPS) is 18.5. The Hall–Kier alpha value is -2.63. The van der Waals surface area contributed by atoms with Crippen molar-refractivity contribution in [2.24, 2.45) is 11.8 Å². The van der Waals surface area contributed by atoms with E-state index in [4.69, 9.17) is 4.74 Å². The van der Waals surface area contributed by atoms with Crippen molar-refractivity contribution in [3.8, 4) is 5.75 Å². The van der Waals surface area contributed by atoms with Crippen LogP contribution in [0.3, 0.4) is 0 Å². The molecule has 4 nitrogen and oxygen atoms in total. The van der Waals surface area contributed by atoms with Crippen LogP contribution >= 0.6 is 11.3 Å². The van der Waals surface area contributed by atoms with Gasteiger partial charge in [-0.1, -0.05) is 44.2 Å². The SMILES string of the molecule is COc1cccc(C2CN(Cc3ccsc3)CC2CN(CC(C)C)C(=O)c2ccccc2)c1. The second-order valence-electron chi connectivity index (χ2n) is 9.44. The summed E-state index contributed by atoms with van der Waals surface area (Å²) in [6, 6.07) is 20.4. The van der Waals surface area contributed by atoms with Gasteiger partial charge in [0.15, 0.2) is 0 Å². The Morgan fingerprint density at radius 2 is 1.94 bits per heavy atom. The number of thiophene rings is 1. The second-order valence-corrected chi connectivity index (χ2v) is 10.2. The van der Waals surface area contributed by atoms with Crippen LogP contribution in [-0.2, 0) is 6.54 Å². The molecule has 0 aliphatic carbocycles. The van der Waals surface area contributed by atoms with Crippen molar-refractivity contribution in [1.29, 1.82) is 0 Å². The molecule has 4 rings (SSSR count). The molecule has 1 aliphatic rings. The number of carbonyl (C=O) groups is 1. The maximum absolute atomic E-state index is 13.4. The van der Waals surface area contributed by atoms with Crippen LogP contribution in [0.1, 0.15) is 41.3 Å². The van der Waals surface area contributed by atoms with Crippen LogP contribution in [0.15, 0.2) is 71.4 Å². The first-order valence-electron chi connectivity index (χ1n) is 11.7. The lowest BCUT2D eigenvalue weighted by molar-refractivity contribution is 0.0703. The Morgan fingerprint density at radius 1 is 1.12 bits per heavy atom. The van der Waals surface area contributed by atoms with Gasteiger partial charge < -0.3 is 9.64 Å². The highest BCUT2D eigenvalue weighted by Crippen LogP contribution is 2.36. The van der Waals surface area contributed by atoms with E-state index in [1.165, 1.54) is 11.1 Å². The van der Waals surface area contributed by atoms with Gasteiger partial charge in [0, 0.05) is 44.2 Å². The molecule has 174 valence electrons. The summed E-state index contributed by atoms with van der Waals surface area (Å²) in [5.41, 5.74) is 3.43. The van der Waals surface area contributed by atoms with Crippen LogP contribution in [0.25, 0.3) is 0 Å². The molecule has 33 heavy (non-hydrogen) atoms. The highest BCUT2D eigenvalue weighted by molar-refractivity contribution is 7.07. The molecule has 0 bridgehead atoms. The number of amides is 1. The Morgan fingerprint density at radius 3 is 2.64 bits per heavy atom. The molecule has 1 amide bonds. The van der Waals surface area contributed by atoms with E-state index in [-0.39, 0.29) is 5.91 Å². The largest absolute Gasteiger partial charge is 0.497 e. The molecule has 2 heterocycles. The van der Waals surface area contributed by atoms with Crippen LogP contribution in [0.4, 0.5) is 0 Å². The second kappa shape index (κ2) is 11.0. The molecule has 0 N–H and O–H groups in total. The van der Waals surface area contributed by atoms with E-state index in [1.54, 1.807) is 18.4 Å². The van der Waals surface area contributed by atoms with Gasteiger partial charge in [-0.2, -0.15) is 11.3 Å². The maximum Gasteiger partial charge on any atom is 0.253 e. The number of benzene rings is 2. The molecule has 1 aliphatic heterocycles. The smallest absolute Gasteiger partial charge is 0.253 e. The van der Waals surface area contributed by atoms with E-state index < -0.39 is 0 Å². The van der Waals surface area contributed by atoms with Crippen LogP contribution < -0.4 is 4.74 Å². The topological polar surface area (TPSA) is 32.8 Å². The molecular formula is C28H34N2O2S. The van der Waals surface area contributed by atoms with Crippen molar-refractivity contribution >= 4 is 17.2 Å². The van der Waals surface area contributed by atoms with Crippen LogP contribution in [0.5, 0.6) is 5.75 Å². The van der Waals surface area contributed by atoms with Crippen molar-refractivity contribution in [2.45, 2.75) is 26.3 Å². The van der Waals surface area contributed by atoms with Gasteiger partial charge in [0.05, 0.1) is 7.11 Å². The fraction of sp³-hybridized carbons (Fsp3) is 0.393. The third-order valence-electron chi connectivity index (χ3n) is 6.37. The molecular weight excluding hydrogens is 428 g/mol. The number of hydrogen-bond acceptors (Lipinski definition) is 4. The van der Waals surface area contributed by atoms with E-state index in [1.807, 2.05) is 36.4 Å². The molecule has 1 fully saturated rings. The maximum atomic E-state index is 13.4. The lowest BCUT2D eigenvalue weighted by Crippen LogP contribution is -2.39. The lowest BCUT2D eigenvalue weighted by Gasteiger charge is -2.30. The highest BCUT2D eigenvalue weighted by atomic mass is 32.1. The molecule has 0 spiro atoms. The van der Waals surface area contributed by atoms with Crippen molar-refractivity contribution in [1.82, 2.24) is 9.80 Å². The average molecular weight is 463 g/mol. The van der Waals surface area contributed by atoms with Gasteiger partial charge in [0.1, 0.15) is 5.75 Å². The van der Waals surface area contributed by atoms with Crippen molar-refractivity contribution in [2.75, 3.05) is 33.3 Å². The Balaban J connectivity index is 1.59. The van der Waals surface area contributed by atoms with Gasteiger partial charge in [0.2, 0.25) is 0 Å². The fourth-order valence-electron chi connectivity index (χ4n) is 4.89. The van der Waals surface area contributed by atoms with Crippen molar-refractivity contribution in [3.63, 3.8) is 0 Å². The van der Waals surface area contributed by atoms with Crippen LogP contribution in [0.2, 0.25) is 0 Å². The van der Waals surface area contributed by atoms with Gasteiger partial charge in [-0.25, -0.2) is 0 Å². The monoisotopic (exact) mass is 462 g/mol. The zero-order valence-corrected chi connectivity index (χ0v) is 20.6. The lowest BCUT2D eigenvalue weighted by atomic mass is 9.88. The summed E-state index contributed by atoms with van der Waals surface area (Å²) in [6.45, 7) is 8.81. The zero-order valence-electron chi connectivity index (χ0n) is 19.8. The Labute approximate surface area is 201 Å². The summed E-state index contributed by atoms with van der Waals surface area (Å²) in [5, 5.41) is 4.38. The van der Waals surface area contributed by atoms with E-state index in [0.717, 1.165) is 44.0 Å². The van der Waals surface area contributed by atoms with E-state index in [0.29, 0.717) is 17.8 Å².